The number of aliphatic carboxylic acids is 1. The quantitative estimate of drug-likeness (QED) is 0.406. The molecule has 21 heavy (non-hydrogen) atoms. The van der Waals surface area contributed by atoms with Crippen LogP contribution in [0.2, 0.25) is 0 Å². The Kier molecular flexibility index (Phi) is 6.64. The Morgan fingerprint density at radius 3 is 2.14 bits per heavy atom. The van der Waals surface area contributed by atoms with E-state index in [4.69, 9.17) is 5.11 Å². The molecule has 0 saturated heterocycles. The number of amides is 3. The average Bonchev–Trinajstić information content (AvgIpc) is 3.22. The van der Waals surface area contributed by atoms with Crippen LogP contribution in [0.4, 0.5) is 0 Å². The summed E-state index contributed by atoms with van der Waals surface area (Å²) in [5, 5.41) is 16.5. The Morgan fingerprint density at radius 2 is 1.62 bits per heavy atom. The van der Waals surface area contributed by atoms with Crippen molar-refractivity contribution in [1.82, 2.24) is 16.0 Å². The van der Waals surface area contributed by atoms with Crippen molar-refractivity contribution < 1.29 is 24.3 Å². The van der Waals surface area contributed by atoms with Crippen LogP contribution >= 0.6 is 0 Å². The van der Waals surface area contributed by atoms with E-state index in [-0.39, 0.29) is 30.6 Å². The molecule has 1 fully saturated rings. The summed E-state index contributed by atoms with van der Waals surface area (Å²) in [6.45, 7) is 2.00. The first-order chi connectivity index (χ1) is 9.90. The molecule has 0 bridgehead atoms. The van der Waals surface area contributed by atoms with Crippen molar-refractivity contribution in [2.75, 3.05) is 13.1 Å². The topological polar surface area (TPSA) is 125 Å². The molecule has 1 saturated carbocycles. The van der Waals surface area contributed by atoms with Crippen LogP contribution in [-0.2, 0) is 19.2 Å². The predicted octanol–water partition coefficient (Wildman–Crippen LogP) is -1.00. The maximum absolute atomic E-state index is 11.6. The number of rotatable bonds is 9. The molecule has 0 aromatic carbocycles. The zero-order chi connectivity index (χ0) is 15.8. The molecule has 1 unspecified atom stereocenters. The first-order valence-corrected chi connectivity index (χ1v) is 6.93. The molecule has 0 aliphatic heterocycles. The van der Waals surface area contributed by atoms with Gasteiger partial charge in [0.05, 0.1) is 0 Å². The predicted molar refractivity (Wildman–Crippen MR) is 73.2 cm³/mol. The van der Waals surface area contributed by atoms with E-state index in [1.54, 1.807) is 0 Å². The second kappa shape index (κ2) is 8.23. The SMILES string of the molecule is CC(=O)NCCNC(=O)CCC(=O)NC(C(=O)O)C1CC1. The number of hydrogen-bond donors (Lipinski definition) is 4. The van der Waals surface area contributed by atoms with E-state index in [1.807, 2.05) is 0 Å². The summed E-state index contributed by atoms with van der Waals surface area (Å²) in [5.74, 6) is -1.95. The first kappa shape index (κ1) is 16.9. The highest BCUT2D eigenvalue weighted by molar-refractivity contribution is 5.87. The summed E-state index contributed by atoms with van der Waals surface area (Å²) >= 11 is 0. The van der Waals surface area contributed by atoms with Gasteiger partial charge in [-0.2, -0.15) is 0 Å². The lowest BCUT2D eigenvalue weighted by molar-refractivity contribution is -0.142. The van der Waals surface area contributed by atoms with Crippen LogP contribution in [0, 0.1) is 5.92 Å². The van der Waals surface area contributed by atoms with Crippen LogP contribution in [0.25, 0.3) is 0 Å². The second-order valence-electron chi connectivity index (χ2n) is 5.05. The lowest BCUT2D eigenvalue weighted by Crippen LogP contribution is -2.42. The standard InChI is InChI=1S/C13H21N3O5/c1-8(17)14-6-7-15-10(18)4-5-11(19)16-12(13(20)21)9-2-3-9/h9,12H,2-7H2,1H3,(H,14,17)(H,15,18)(H,16,19)(H,20,21). The van der Waals surface area contributed by atoms with Gasteiger partial charge in [-0.05, 0) is 18.8 Å². The molecule has 1 aliphatic rings. The molecule has 3 amide bonds. The van der Waals surface area contributed by atoms with Gasteiger partial charge in [0.1, 0.15) is 6.04 Å². The van der Waals surface area contributed by atoms with Crippen LogP contribution in [0.1, 0.15) is 32.6 Å². The highest BCUT2D eigenvalue weighted by Crippen LogP contribution is 2.32. The maximum atomic E-state index is 11.6. The van der Waals surface area contributed by atoms with Gasteiger partial charge < -0.3 is 21.1 Å². The fraction of sp³-hybridized carbons (Fsp3) is 0.692. The summed E-state index contributed by atoms with van der Waals surface area (Å²) in [5.41, 5.74) is 0. The van der Waals surface area contributed by atoms with Crippen molar-refractivity contribution in [3.63, 3.8) is 0 Å². The third kappa shape index (κ3) is 7.28. The molecular formula is C13H21N3O5. The van der Waals surface area contributed by atoms with E-state index in [9.17, 15) is 19.2 Å². The Balaban J connectivity index is 2.15. The number of nitrogens with one attached hydrogen (secondary N) is 3. The largest absolute Gasteiger partial charge is 0.480 e. The summed E-state index contributed by atoms with van der Waals surface area (Å²) in [6.07, 6.45) is 1.55. The molecule has 8 heteroatoms. The van der Waals surface area contributed by atoms with E-state index in [0.29, 0.717) is 13.1 Å². The normalized spacial score (nSPS) is 14.9. The first-order valence-electron chi connectivity index (χ1n) is 6.93. The van der Waals surface area contributed by atoms with Crippen LogP contribution in [0.5, 0.6) is 0 Å². The van der Waals surface area contributed by atoms with E-state index in [1.165, 1.54) is 6.92 Å². The molecule has 1 atom stereocenters. The molecule has 0 aromatic heterocycles. The average molecular weight is 299 g/mol. The number of carboxylic acid groups (broad SMARTS) is 1. The molecule has 1 aliphatic carbocycles. The van der Waals surface area contributed by atoms with Gasteiger partial charge in [-0.1, -0.05) is 0 Å². The lowest BCUT2D eigenvalue weighted by atomic mass is 10.1. The van der Waals surface area contributed by atoms with Gasteiger partial charge in [-0.25, -0.2) is 4.79 Å². The van der Waals surface area contributed by atoms with Gasteiger partial charge in [0.25, 0.3) is 0 Å². The minimum Gasteiger partial charge on any atom is -0.480 e. The summed E-state index contributed by atoms with van der Waals surface area (Å²) in [4.78, 5) is 44.6. The Morgan fingerprint density at radius 1 is 1.05 bits per heavy atom. The minimum atomic E-state index is -1.04. The fourth-order valence-corrected chi connectivity index (χ4v) is 1.81. The number of carbonyl (C=O) groups excluding carboxylic acids is 3. The van der Waals surface area contributed by atoms with Gasteiger partial charge in [0.2, 0.25) is 17.7 Å². The van der Waals surface area contributed by atoms with Gasteiger partial charge in [0.15, 0.2) is 0 Å². The molecule has 4 N–H and O–H groups in total. The molecule has 8 nitrogen and oxygen atoms in total. The smallest absolute Gasteiger partial charge is 0.326 e. The van der Waals surface area contributed by atoms with Crippen LogP contribution in [0.15, 0.2) is 0 Å². The summed E-state index contributed by atoms with van der Waals surface area (Å²) < 4.78 is 0. The number of hydrogen-bond acceptors (Lipinski definition) is 4. The number of carboxylic acids is 1. The molecular weight excluding hydrogens is 278 g/mol. The Bertz CT molecular complexity index is 420. The Hall–Kier alpha value is -2.12. The van der Waals surface area contributed by atoms with Gasteiger partial charge in [-0.15, -0.1) is 0 Å². The molecule has 0 heterocycles. The zero-order valence-electron chi connectivity index (χ0n) is 12.0. The van der Waals surface area contributed by atoms with Crippen molar-refractivity contribution in [2.24, 2.45) is 5.92 Å². The zero-order valence-corrected chi connectivity index (χ0v) is 12.0. The van der Waals surface area contributed by atoms with Crippen molar-refractivity contribution in [3.05, 3.63) is 0 Å². The van der Waals surface area contributed by atoms with Crippen LogP contribution < -0.4 is 16.0 Å². The van der Waals surface area contributed by atoms with E-state index in [0.717, 1.165) is 12.8 Å². The van der Waals surface area contributed by atoms with Crippen molar-refractivity contribution in [3.8, 4) is 0 Å². The monoisotopic (exact) mass is 299 g/mol. The highest BCUT2D eigenvalue weighted by atomic mass is 16.4. The second-order valence-corrected chi connectivity index (χ2v) is 5.05. The molecule has 0 aromatic rings. The van der Waals surface area contributed by atoms with Gasteiger partial charge in [0, 0.05) is 32.9 Å². The van der Waals surface area contributed by atoms with Crippen LogP contribution in [0.3, 0.4) is 0 Å². The third-order valence-corrected chi connectivity index (χ3v) is 3.08. The van der Waals surface area contributed by atoms with Crippen molar-refractivity contribution in [1.29, 1.82) is 0 Å². The van der Waals surface area contributed by atoms with Gasteiger partial charge in [-0.3, -0.25) is 14.4 Å². The summed E-state index contributed by atoms with van der Waals surface area (Å²) in [6, 6.07) is -0.847. The fourth-order valence-electron chi connectivity index (χ4n) is 1.81. The Labute approximate surface area is 122 Å². The van der Waals surface area contributed by atoms with E-state index in [2.05, 4.69) is 16.0 Å². The third-order valence-electron chi connectivity index (χ3n) is 3.08. The number of carbonyl (C=O) groups is 4. The maximum Gasteiger partial charge on any atom is 0.326 e. The highest BCUT2D eigenvalue weighted by Gasteiger charge is 2.37. The van der Waals surface area contributed by atoms with Gasteiger partial charge >= 0.3 is 5.97 Å². The molecule has 118 valence electrons. The van der Waals surface area contributed by atoms with Crippen molar-refractivity contribution >= 4 is 23.7 Å². The van der Waals surface area contributed by atoms with E-state index >= 15 is 0 Å². The van der Waals surface area contributed by atoms with E-state index < -0.39 is 17.9 Å². The molecule has 1 rings (SSSR count). The van der Waals surface area contributed by atoms with Crippen LogP contribution in [-0.4, -0.2) is 47.9 Å². The molecule has 0 spiro atoms. The summed E-state index contributed by atoms with van der Waals surface area (Å²) in [7, 11) is 0. The lowest BCUT2D eigenvalue weighted by Gasteiger charge is -2.13. The van der Waals surface area contributed by atoms with Crippen molar-refractivity contribution in [2.45, 2.75) is 38.6 Å². The minimum absolute atomic E-state index is 0.0110. The molecule has 0 radical (unpaired) electrons.